The zero-order valence-corrected chi connectivity index (χ0v) is 13.8. The highest BCUT2D eigenvalue weighted by Gasteiger charge is 2.43. The van der Waals surface area contributed by atoms with Crippen LogP contribution in [-0.4, -0.2) is 27.3 Å². The number of thioether (sulfide) groups is 1. The predicted molar refractivity (Wildman–Crippen MR) is 91.8 cm³/mol. The van der Waals surface area contributed by atoms with Crippen LogP contribution in [0.25, 0.3) is 0 Å². The van der Waals surface area contributed by atoms with E-state index in [2.05, 4.69) is 15.7 Å². The lowest BCUT2D eigenvalue weighted by Crippen LogP contribution is -2.50. The molecule has 1 amide bonds. The number of furan rings is 1. The highest BCUT2D eigenvalue weighted by atomic mass is 32.2. The van der Waals surface area contributed by atoms with Gasteiger partial charge >= 0.3 is 5.88 Å². The first kappa shape index (κ1) is 15.5. The predicted octanol–water partition coefficient (Wildman–Crippen LogP) is 2.42. The van der Waals surface area contributed by atoms with Crippen molar-refractivity contribution in [3.8, 4) is 0 Å². The molecule has 0 radical (unpaired) electrons. The fraction of sp³-hybridized carbons (Fsp3) is 0.200. The number of hydrazone groups is 1. The number of carbonyl (C=O) groups excluding carboxylic acids is 1. The number of hydrogen-bond donors (Lipinski definition) is 2. The van der Waals surface area contributed by atoms with Crippen LogP contribution in [0.4, 0.5) is 11.6 Å². The summed E-state index contributed by atoms with van der Waals surface area (Å²) in [5, 5.41) is 23.4. The molecule has 9 nitrogen and oxygen atoms in total. The summed E-state index contributed by atoms with van der Waals surface area (Å²) >= 11 is 1.30. The van der Waals surface area contributed by atoms with Gasteiger partial charge in [-0.25, -0.2) is 5.01 Å². The number of para-hydroxylation sites is 1. The number of amides is 1. The first-order chi connectivity index (χ1) is 12.1. The SMILES string of the molecule is CSC1=NN2C(c3ccc([N+](=O)[O-])o3)Nc3ccccc3C2C(=O)N1. The number of nitrogens with one attached hydrogen (secondary N) is 2. The average molecular weight is 359 g/mol. The van der Waals surface area contributed by atoms with E-state index in [9.17, 15) is 14.9 Å². The maximum absolute atomic E-state index is 12.6. The minimum Gasteiger partial charge on any atom is -0.401 e. The van der Waals surface area contributed by atoms with Crippen molar-refractivity contribution in [1.29, 1.82) is 0 Å². The lowest BCUT2D eigenvalue weighted by atomic mass is 9.99. The van der Waals surface area contributed by atoms with Gasteiger partial charge in [-0.15, -0.1) is 5.10 Å². The van der Waals surface area contributed by atoms with Crippen LogP contribution in [0.5, 0.6) is 0 Å². The topological polar surface area (TPSA) is 113 Å². The number of amidine groups is 1. The quantitative estimate of drug-likeness (QED) is 0.625. The van der Waals surface area contributed by atoms with Gasteiger partial charge in [-0.1, -0.05) is 30.0 Å². The van der Waals surface area contributed by atoms with Crippen LogP contribution in [-0.2, 0) is 4.79 Å². The molecule has 0 saturated heterocycles. The number of anilines is 1. The second kappa shape index (κ2) is 5.81. The zero-order chi connectivity index (χ0) is 17.6. The molecule has 3 heterocycles. The van der Waals surface area contributed by atoms with Crippen LogP contribution in [0.1, 0.15) is 23.5 Å². The molecule has 0 spiro atoms. The minimum absolute atomic E-state index is 0.209. The molecule has 0 saturated carbocycles. The average Bonchev–Trinajstić information content (AvgIpc) is 3.10. The Hall–Kier alpha value is -3.01. The molecule has 2 aliphatic rings. The molecule has 0 bridgehead atoms. The van der Waals surface area contributed by atoms with Gasteiger partial charge in [0.15, 0.2) is 23.1 Å². The summed E-state index contributed by atoms with van der Waals surface area (Å²) in [7, 11) is 0. The van der Waals surface area contributed by atoms with Gasteiger partial charge in [-0.2, -0.15) is 0 Å². The van der Waals surface area contributed by atoms with Crippen molar-refractivity contribution in [2.75, 3.05) is 11.6 Å². The number of carbonyl (C=O) groups is 1. The number of hydrogen-bond acceptors (Lipinski definition) is 8. The molecule has 0 fully saturated rings. The molecular weight excluding hydrogens is 346 g/mol. The Bertz CT molecular complexity index is 896. The lowest BCUT2D eigenvalue weighted by molar-refractivity contribution is -0.402. The van der Waals surface area contributed by atoms with Gasteiger partial charge in [-0.3, -0.25) is 14.9 Å². The standard InChI is InChI=1S/C15H13N5O4S/c1-25-15-17-14(21)12-8-4-2-3-5-9(8)16-13(19(12)18-15)10-6-7-11(24-10)20(22)23/h2-7,12-13,16H,1H3,(H,17,18,21). The first-order valence-electron chi connectivity index (χ1n) is 7.40. The zero-order valence-electron chi connectivity index (χ0n) is 13.0. The van der Waals surface area contributed by atoms with Crippen molar-refractivity contribution in [2.45, 2.75) is 12.2 Å². The molecule has 2 aliphatic heterocycles. The summed E-state index contributed by atoms with van der Waals surface area (Å²) < 4.78 is 5.34. The Balaban J connectivity index is 1.83. The monoisotopic (exact) mass is 359 g/mol. The highest BCUT2D eigenvalue weighted by Crippen LogP contribution is 2.43. The van der Waals surface area contributed by atoms with E-state index in [4.69, 9.17) is 4.42 Å². The van der Waals surface area contributed by atoms with Gasteiger partial charge in [0.25, 0.3) is 5.91 Å². The van der Waals surface area contributed by atoms with Gasteiger partial charge in [0, 0.05) is 11.3 Å². The Kier molecular flexibility index (Phi) is 3.61. The third-order valence-electron chi connectivity index (χ3n) is 4.02. The van der Waals surface area contributed by atoms with Gasteiger partial charge in [-0.05, 0) is 18.4 Å². The molecule has 1 aromatic carbocycles. The summed E-state index contributed by atoms with van der Waals surface area (Å²) in [6.45, 7) is 0. The molecule has 25 heavy (non-hydrogen) atoms. The molecule has 1 aromatic heterocycles. The Labute approximate surface area is 146 Å². The molecule has 2 aromatic rings. The van der Waals surface area contributed by atoms with E-state index in [1.807, 2.05) is 24.3 Å². The van der Waals surface area contributed by atoms with E-state index in [0.717, 1.165) is 11.3 Å². The summed E-state index contributed by atoms with van der Waals surface area (Å²) in [6.07, 6.45) is 1.17. The molecule has 128 valence electrons. The Morgan fingerprint density at radius 1 is 1.32 bits per heavy atom. The van der Waals surface area contributed by atoms with Crippen molar-refractivity contribution in [3.05, 3.63) is 57.8 Å². The number of rotatable bonds is 2. The Morgan fingerprint density at radius 2 is 2.12 bits per heavy atom. The van der Waals surface area contributed by atoms with Crippen molar-refractivity contribution in [1.82, 2.24) is 10.3 Å². The third-order valence-corrected chi connectivity index (χ3v) is 4.59. The van der Waals surface area contributed by atoms with Crippen molar-refractivity contribution in [2.24, 2.45) is 5.10 Å². The summed E-state index contributed by atoms with van der Waals surface area (Å²) in [6, 6.07) is 9.54. The van der Waals surface area contributed by atoms with Gasteiger partial charge in [0.1, 0.15) is 4.92 Å². The van der Waals surface area contributed by atoms with Crippen LogP contribution < -0.4 is 10.6 Å². The van der Waals surface area contributed by atoms with Crippen LogP contribution in [0.2, 0.25) is 0 Å². The summed E-state index contributed by atoms with van der Waals surface area (Å²) in [5.74, 6) is -0.257. The minimum atomic E-state index is -0.650. The molecule has 2 unspecified atom stereocenters. The van der Waals surface area contributed by atoms with E-state index >= 15 is 0 Å². The molecule has 2 N–H and O–H groups in total. The fourth-order valence-electron chi connectivity index (χ4n) is 2.93. The third kappa shape index (κ3) is 2.50. The second-order valence-corrected chi connectivity index (χ2v) is 6.24. The van der Waals surface area contributed by atoms with Gasteiger partial charge in [0.05, 0.1) is 6.07 Å². The van der Waals surface area contributed by atoms with Crippen LogP contribution in [0, 0.1) is 10.1 Å². The van der Waals surface area contributed by atoms with E-state index < -0.39 is 17.1 Å². The highest BCUT2D eigenvalue weighted by molar-refractivity contribution is 8.13. The van der Waals surface area contributed by atoms with E-state index in [1.54, 1.807) is 11.3 Å². The lowest BCUT2D eigenvalue weighted by Gasteiger charge is -2.42. The number of fused-ring (bicyclic) bond motifs is 3. The Morgan fingerprint density at radius 3 is 2.84 bits per heavy atom. The largest absolute Gasteiger partial charge is 0.433 e. The number of nitro groups is 1. The molecule has 4 rings (SSSR count). The maximum atomic E-state index is 12.6. The number of nitrogens with zero attached hydrogens (tertiary/aromatic N) is 3. The van der Waals surface area contributed by atoms with Crippen LogP contribution in [0.3, 0.4) is 0 Å². The van der Waals surface area contributed by atoms with E-state index in [1.165, 1.54) is 23.9 Å². The van der Waals surface area contributed by atoms with Crippen molar-refractivity contribution in [3.63, 3.8) is 0 Å². The second-order valence-electron chi connectivity index (χ2n) is 5.45. The first-order valence-corrected chi connectivity index (χ1v) is 8.62. The van der Waals surface area contributed by atoms with Crippen molar-refractivity contribution >= 4 is 34.4 Å². The number of benzene rings is 1. The van der Waals surface area contributed by atoms with E-state index in [-0.39, 0.29) is 11.8 Å². The van der Waals surface area contributed by atoms with Gasteiger partial charge < -0.3 is 15.1 Å². The normalized spacial score (nSPS) is 21.6. The van der Waals surface area contributed by atoms with Gasteiger partial charge in [0.2, 0.25) is 0 Å². The molecular formula is C15H13N5O4S. The van der Waals surface area contributed by atoms with Crippen LogP contribution in [0.15, 0.2) is 45.9 Å². The summed E-state index contributed by atoms with van der Waals surface area (Å²) in [5.41, 5.74) is 1.53. The molecule has 2 atom stereocenters. The molecule has 0 aliphatic carbocycles. The van der Waals surface area contributed by atoms with E-state index in [0.29, 0.717) is 10.9 Å². The molecule has 10 heteroatoms. The van der Waals surface area contributed by atoms with Crippen LogP contribution >= 0.6 is 11.8 Å². The maximum Gasteiger partial charge on any atom is 0.433 e. The van der Waals surface area contributed by atoms with Crippen molar-refractivity contribution < 1.29 is 14.1 Å². The fourth-order valence-corrected chi connectivity index (χ4v) is 3.31. The smallest absolute Gasteiger partial charge is 0.401 e. The summed E-state index contributed by atoms with van der Waals surface area (Å²) in [4.78, 5) is 22.9.